The van der Waals surface area contributed by atoms with Gasteiger partial charge in [-0.15, -0.1) is 0 Å². The van der Waals surface area contributed by atoms with Crippen LogP contribution < -0.4 is 45.3 Å². The molecule has 2 nitrogen and oxygen atoms in total. The number of thioether (sulfide) groups is 1. The van der Waals surface area contributed by atoms with Crippen LogP contribution in [0.4, 0.5) is 0 Å². The molecule has 0 unspecified atom stereocenters. The summed E-state index contributed by atoms with van der Waals surface area (Å²) in [5, 5.41) is 5.38. The molecule has 1 aromatic heterocycles. The highest BCUT2D eigenvalue weighted by Crippen LogP contribution is 2.56. The number of hydrogen-bond donors (Lipinski definition) is 0. The van der Waals surface area contributed by atoms with E-state index in [1.165, 1.54) is 15.9 Å². The Balaban J connectivity index is 0.00000320. The highest BCUT2D eigenvalue weighted by atomic mass is 127. The van der Waals surface area contributed by atoms with Gasteiger partial charge >= 0.3 is 0 Å². The number of aromatic nitrogens is 1. The second-order valence-corrected chi connectivity index (χ2v) is 13.3. The fourth-order valence-electron chi connectivity index (χ4n) is 4.40. The van der Waals surface area contributed by atoms with Crippen LogP contribution in [-0.2, 0) is 0 Å². The van der Waals surface area contributed by atoms with Gasteiger partial charge in [0.2, 0.25) is 11.0 Å². The lowest BCUT2D eigenvalue weighted by atomic mass is 10.2. The lowest BCUT2D eigenvalue weighted by Crippen LogP contribution is -3.00. The van der Waals surface area contributed by atoms with E-state index in [2.05, 4.69) is 97.9 Å². The van der Waals surface area contributed by atoms with E-state index in [0.29, 0.717) is 10.9 Å². The number of oxazole rings is 1. The van der Waals surface area contributed by atoms with Crippen LogP contribution >= 0.6 is 30.6 Å². The second-order valence-electron chi connectivity index (χ2n) is 8.52. The lowest BCUT2D eigenvalue weighted by molar-refractivity contribution is -0.00000740. The van der Waals surface area contributed by atoms with Crippen LogP contribution in [0.5, 0.6) is 0 Å². The number of nitrogens with zero attached hydrogens (tertiary/aromatic N) is 1. The van der Waals surface area contributed by atoms with Crippen LogP contribution in [0.15, 0.2) is 125 Å². The number of rotatable bonds is 9. The molecule has 5 aromatic rings. The van der Waals surface area contributed by atoms with Crippen LogP contribution in [-0.4, -0.2) is 10.7 Å². The highest BCUT2D eigenvalue weighted by molar-refractivity contribution is 8.04. The molecule has 0 radical (unpaired) electrons. The minimum atomic E-state index is -2.35. The first-order valence-electron chi connectivity index (χ1n) is 12.2. The van der Waals surface area contributed by atoms with Gasteiger partial charge in [-0.1, -0.05) is 91.3 Å². The quantitative estimate of drug-likeness (QED) is 0.101. The molecule has 0 saturated heterocycles. The topological polar surface area (TPSA) is 26.0 Å². The van der Waals surface area contributed by atoms with Crippen LogP contribution in [0.1, 0.15) is 19.8 Å². The molecule has 0 aliphatic carbocycles. The van der Waals surface area contributed by atoms with Gasteiger partial charge in [0.1, 0.15) is 15.9 Å². The largest absolute Gasteiger partial charge is 1.00 e. The van der Waals surface area contributed by atoms with E-state index < -0.39 is 7.26 Å². The van der Waals surface area contributed by atoms with Crippen molar-refractivity contribution in [3.63, 3.8) is 0 Å². The number of benzene rings is 4. The summed E-state index contributed by atoms with van der Waals surface area (Å²) in [6.45, 7) is 2.22. The zero-order chi connectivity index (χ0) is 24.8. The molecule has 0 atom stereocenters. The van der Waals surface area contributed by atoms with E-state index in [1.807, 2.05) is 24.3 Å². The third-order valence-electron chi connectivity index (χ3n) is 6.15. The SMILES string of the molecule is CCCCSc1oc(-c2ccc(Cl)cc2)nc1[P+](c1ccccc1)(c1ccccc1)c1ccccc1.[I-]. The third-order valence-corrected chi connectivity index (χ3v) is 11.7. The molecule has 0 N–H and O–H groups in total. The maximum atomic E-state index is 6.59. The van der Waals surface area contributed by atoms with Gasteiger partial charge in [-0.25, -0.2) is 0 Å². The van der Waals surface area contributed by atoms with E-state index in [0.717, 1.165) is 34.7 Å². The Morgan fingerprint density at radius 3 is 1.68 bits per heavy atom. The normalized spacial score (nSPS) is 11.2. The van der Waals surface area contributed by atoms with Crippen molar-refractivity contribution in [2.45, 2.75) is 24.9 Å². The van der Waals surface area contributed by atoms with Crippen LogP contribution in [0.25, 0.3) is 11.5 Å². The van der Waals surface area contributed by atoms with Gasteiger partial charge < -0.3 is 28.4 Å². The molecular formula is C31H28ClINOPS. The summed E-state index contributed by atoms with van der Waals surface area (Å²) in [5.74, 6) is 1.62. The van der Waals surface area contributed by atoms with E-state index in [9.17, 15) is 0 Å². The van der Waals surface area contributed by atoms with Crippen molar-refractivity contribution < 1.29 is 28.4 Å². The Kier molecular flexibility index (Phi) is 9.89. The lowest BCUT2D eigenvalue weighted by Gasteiger charge is -2.25. The zero-order valence-electron chi connectivity index (χ0n) is 20.6. The van der Waals surface area contributed by atoms with Crippen molar-refractivity contribution in [1.29, 1.82) is 0 Å². The van der Waals surface area contributed by atoms with Crippen molar-refractivity contribution in [1.82, 2.24) is 4.98 Å². The van der Waals surface area contributed by atoms with Crippen LogP contribution in [0, 0.1) is 0 Å². The average Bonchev–Trinajstić information content (AvgIpc) is 3.36. The van der Waals surface area contributed by atoms with E-state index in [-0.39, 0.29) is 24.0 Å². The zero-order valence-corrected chi connectivity index (χ0v) is 25.2. The van der Waals surface area contributed by atoms with Gasteiger partial charge in [-0.3, -0.25) is 0 Å². The number of hydrogen-bond acceptors (Lipinski definition) is 3. The second kappa shape index (κ2) is 13.1. The van der Waals surface area contributed by atoms with Crippen molar-refractivity contribution >= 4 is 52.0 Å². The smallest absolute Gasteiger partial charge is 0.251 e. The van der Waals surface area contributed by atoms with Gasteiger partial charge in [-0.2, -0.15) is 4.98 Å². The van der Waals surface area contributed by atoms with Crippen molar-refractivity contribution in [2.24, 2.45) is 0 Å². The van der Waals surface area contributed by atoms with E-state index >= 15 is 0 Å². The first-order chi connectivity index (χ1) is 17.7. The molecule has 37 heavy (non-hydrogen) atoms. The summed E-state index contributed by atoms with van der Waals surface area (Å²) in [6, 6.07) is 40.2. The standard InChI is InChI=1S/C31H28ClNOPS.HI/c1-2-3-23-36-31-30(33-29(34-31)24-19-21-25(32)22-20-24)35(26-13-7-4-8-14-26,27-15-9-5-10-16-27)28-17-11-6-12-18-28;/h4-22H,2-3,23H2,1H3;1H/q+1;/p-1. The Bertz CT molecular complexity index is 1300. The summed E-state index contributed by atoms with van der Waals surface area (Å²) in [5.41, 5.74) is 1.95. The van der Waals surface area contributed by atoms with Crippen molar-refractivity contribution in [3.05, 3.63) is 120 Å². The predicted molar refractivity (Wildman–Crippen MR) is 157 cm³/mol. The fourth-order valence-corrected chi connectivity index (χ4v) is 10.1. The van der Waals surface area contributed by atoms with E-state index in [4.69, 9.17) is 21.0 Å². The maximum Gasteiger partial charge on any atom is 0.251 e. The third kappa shape index (κ3) is 5.83. The Morgan fingerprint density at radius 2 is 1.22 bits per heavy atom. The van der Waals surface area contributed by atoms with Gasteiger partial charge in [-0.05, 0) is 67.1 Å². The molecule has 6 heteroatoms. The molecule has 0 saturated carbocycles. The molecule has 4 aromatic carbocycles. The summed E-state index contributed by atoms with van der Waals surface area (Å²) >= 11 is 7.96. The summed E-state index contributed by atoms with van der Waals surface area (Å²) in [7, 11) is -2.35. The monoisotopic (exact) mass is 655 g/mol. The Labute approximate surface area is 246 Å². The first kappa shape index (κ1) is 27.9. The minimum Gasteiger partial charge on any atom is -1.00 e. The van der Waals surface area contributed by atoms with Gasteiger partial charge in [0.05, 0.1) is 0 Å². The molecule has 188 valence electrons. The summed E-state index contributed by atoms with van der Waals surface area (Å²) in [4.78, 5) is 5.31. The average molecular weight is 656 g/mol. The van der Waals surface area contributed by atoms with Crippen molar-refractivity contribution in [3.8, 4) is 11.5 Å². The highest BCUT2D eigenvalue weighted by Gasteiger charge is 2.52. The fraction of sp³-hybridized carbons (Fsp3) is 0.129. The molecule has 0 fully saturated rings. The molecular weight excluding hydrogens is 628 g/mol. The minimum absolute atomic E-state index is 0. The molecule has 0 spiro atoms. The van der Waals surface area contributed by atoms with Crippen molar-refractivity contribution in [2.75, 3.05) is 5.75 Å². The molecule has 5 rings (SSSR count). The van der Waals surface area contributed by atoms with Gasteiger partial charge in [0.25, 0.3) is 5.44 Å². The summed E-state index contributed by atoms with van der Waals surface area (Å²) < 4.78 is 6.59. The van der Waals surface area contributed by atoms with Gasteiger partial charge in [0, 0.05) is 16.3 Å². The molecule has 0 bridgehead atoms. The molecule has 0 amide bonds. The predicted octanol–water partition coefficient (Wildman–Crippen LogP) is 4.51. The molecule has 0 aliphatic rings. The molecule has 1 heterocycles. The summed E-state index contributed by atoms with van der Waals surface area (Å²) in [6.07, 6.45) is 2.26. The number of unbranched alkanes of at least 4 members (excludes halogenated alkanes) is 1. The van der Waals surface area contributed by atoms with Crippen LogP contribution in [0.3, 0.4) is 0 Å². The van der Waals surface area contributed by atoms with E-state index in [1.54, 1.807) is 11.8 Å². The Morgan fingerprint density at radius 1 is 0.730 bits per heavy atom. The first-order valence-corrected chi connectivity index (χ1v) is 15.3. The van der Waals surface area contributed by atoms with Gasteiger partial charge in [0.15, 0.2) is 7.26 Å². The number of halogens is 2. The molecule has 0 aliphatic heterocycles. The Hall–Kier alpha value is -2.11. The van der Waals surface area contributed by atoms with Crippen LogP contribution in [0.2, 0.25) is 5.02 Å². The maximum absolute atomic E-state index is 6.59.